The van der Waals surface area contributed by atoms with Crippen LogP contribution < -0.4 is 33.2 Å². The first kappa shape index (κ1) is 42.4. The van der Waals surface area contributed by atoms with Gasteiger partial charge in [-0.1, -0.05) is 6.07 Å². The Labute approximate surface area is 346 Å². The van der Waals surface area contributed by atoms with E-state index < -0.39 is 12.0 Å². The van der Waals surface area contributed by atoms with Gasteiger partial charge >= 0.3 is 6.18 Å². The van der Waals surface area contributed by atoms with E-state index in [2.05, 4.69) is 45.0 Å². The van der Waals surface area contributed by atoms with Crippen molar-refractivity contribution in [3.05, 3.63) is 165 Å². The van der Waals surface area contributed by atoms with Crippen LogP contribution in [0.25, 0.3) is 34.3 Å². The Morgan fingerprint density at radius 2 is 1.09 bits per heavy atom. The molecule has 0 unspecified atom stereocenters. The van der Waals surface area contributed by atoms with Crippen molar-refractivity contribution in [3.63, 3.8) is 0 Å². The van der Waals surface area contributed by atoms with Crippen LogP contribution in [0.5, 0.6) is 23.0 Å². The van der Waals surface area contributed by atoms with Crippen molar-refractivity contribution < 1.29 is 61.4 Å². The van der Waals surface area contributed by atoms with E-state index in [1.54, 1.807) is 52.7 Å². The first-order valence-electron chi connectivity index (χ1n) is 17.0. The van der Waals surface area contributed by atoms with Crippen LogP contribution in [0.1, 0.15) is 5.82 Å². The number of alkyl halides is 3. The smallest absolute Gasteiger partial charge is 0.429 e. The number of aromatic nitrogens is 8. The van der Waals surface area contributed by atoms with Crippen molar-refractivity contribution in [2.24, 2.45) is 0 Å². The number of pyridine rings is 1. The Balaban J connectivity index is 0.000000167. The Bertz CT molecular complexity index is 2180. The van der Waals surface area contributed by atoms with E-state index in [0.29, 0.717) is 0 Å². The van der Waals surface area contributed by atoms with Gasteiger partial charge in [0.05, 0.1) is 45.5 Å². The molecule has 299 valence electrons. The van der Waals surface area contributed by atoms with E-state index >= 15 is 0 Å². The zero-order valence-corrected chi connectivity index (χ0v) is 33.8. The third-order valence-corrected chi connectivity index (χ3v) is 7.99. The second-order valence-corrected chi connectivity index (χ2v) is 11.6. The van der Waals surface area contributed by atoms with Crippen molar-refractivity contribution >= 4 is 0 Å². The van der Waals surface area contributed by atoms with E-state index in [9.17, 15) is 13.2 Å². The minimum absolute atomic E-state index is 0. The van der Waals surface area contributed by atoms with Crippen LogP contribution in [0.3, 0.4) is 0 Å². The summed E-state index contributed by atoms with van der Waals surface area (Å²) in [5, 5.41) is 6.25. The van der Waals surface area contributed by atoms with Crippen LogP contribution in [0.15, 0.2) is 134 Å². The van der Waals surface area contributed by atoms with Gasteiger partial charge in [0.25, 0.3) is 12.7 Å². The Kier molecular flexibility index (Phi) is 14.5. The van der Waals surface area contributed by atoms with Crippen LogP contribution in [-0.4, -0.2) is 52.6 Å². The summed E-state index contributed by atoms with van der Waals surface area (Å²) in [6.07, 6.45) is 11.1. The fourth-order valence-corrected chi connectivity index (χ4v) is 5.00. The standard InChI is InChI=1S/2C17H15N2O2.C8H4F3N4.Ir/c2*1-20-16-7-3-14(4-8-16)18-11-12-19(13-18)15-5-9-17(21-2)10-6-15;9-8(10,11)7-13-6(14-15-7)5-3-1-2-4-12-5;/h2*3-5,7-12H,1-2H3;1-4H;/q3*-1;. The molecule has 0 spiro atoms. The van der Waals surface area contributed by atoms with E-state index in [1.165, 1.54) is 12.3 Å². The maximum Gasteiger partial charge on any atom is 0.429 e. The van der Waals surface area contributed by atoms with Crippen molar-refractivity contribution in [2.45, 2.75) is 6.18 Å². The Morgan fingerprint density at radius 1 is 0.621 bits per heavy atom. The minimum atomic E-state index is -4.57. The number of nitrogens with zero attached hydrogens (tertiary/aromatic N) is 8. The van der Waals surface area contributed by atoms with Crippen molar-refractivity contribution in [2.75, 3.05) is 28.4 Å². The molecular formula is C42H34F3IrN8O4-3. The monoisotopic (exact) mass is 964 g/mol. The number of hydrogen-bond donors (Lipinski definition) is 0. The van der Waals surface area contributed by atoms with Gasteiger partial charge in [0.2, 0.25) is 0 Å². The molecule has 0 atom stereocenters. The summed E-state index contributed by atoms with van der Waals surface area (Å²) in [5.41, 5.74) is 4.11. The average molecular weight is 964 g/mol. The van der Waals surface area contributed by atoms with E-state index in [0.717, 1.165) is 45.7 Å². The summed E-state index contributed by atoms with van der Waals surface area (Å²) in [7, 11) is 6.60. The van der Waals surface area contributed by atoms with Gasteiger partial charge in [0.15, 0.2) is 0 Å². The molecule has 12 nitrogen and oxygen atoms in total. The molecule has 0 fully saturated rings. The molecule has 16 heteroatoms. The second-order valence-electron chi connectivity index (χ2n) is 11.6. The molecule has 1 radical (unpaired) electrons. The second kappa shape index (κ2) is 19.9. The van der Waals surface area contributed by atoms with Crippen LogP contribution in [-0.2, 0) is 26.3 Å². The predicted molar refractivity (Wildman–Crippen MR) is 200 cm³/mol. The van der Waals surface area contributed by atoms with Gasteiger partial charge in [0, 0.05) is 62.6 Å². The third kappa shape index (κ3) is 11.0. The van der Waals surface area contributed by atoms with Crippen molar-refractivity contribution in [1.29, 1.82) is 0 Å². The summed E-state index contributed by atoms with van der Waals surface area (Å²) in [4.78, 5) is 7.05. The summed E-state index contributed by atoms with van der Waals surface area (Å²) in [5.74, 6) is 1.87. The summed E-state index contributed by atoms with van der Waals surface area (Å²) >= 11 is 0. The first-order chi connectivity index (χ1) is 27.7. The zero-order chi connectivity index (χ0) is 40.2. The van der Waals surface area contributed by atoms with Crippen LogP contribution >= 0.6 is 0 Å². The van der Waals surface area contributed by atoms with Crippen molar-refractivity contribution in [3.8, 4) is 57.3 Å². The number of halogens is 3. The maximum atomic E-state index is 12.1. The third-order valence-electron chi connectivity index (χ3n) is 7.99. The molecule has 0 aliphatic carbocycles. The van der Waals surface area contributed by atoms with Crippen molar-refractivity contribution in [1.82, 2.24) is 29.3 Å². The van der Waals surface area contributed by atoms with Crippen LogP contribution in [0, 0.1) is 24.8 Å². The average Bonchev–Trinajstić information content (AvgIpc) is 4.07. The summed E-state index contributed by atoms with van der Waals surface area (Å²) < 4.78 is 64.6. The van der Waals surface area contributed by atoms with Crippen LogP contribution in [0.2, 0.25) is 0 Å². The maximum absolute atomic E-state index is 12.1. The number of benzene rings is 4. The molecule has 0 amide bonds. The van der Waals surface area contributed by atoms with Gasteiger partial charge < -0.3 is 38.2 Å². The molecule has 4 heterocycles. The Hall–Kier alpha value is -6.77. The van der Waals surface area contributed by atoms with Gasteiger partial charge in [-0.3, -0.25) is 19.2 Å². The normalized spacial score (nSPS) is 10.5. The first-order valence-corrected chi connectivity index (χ1v) is 17.0. The molecule has 4 aromatic carbocycles. The zero-order valence-electron chi connectivity index (χ0n) is 31.4. The number of methoxy groups -OCH3 is 4. The molecular weight excluding hydrogens is 930 g/mol. The van der Waals surface area contributed by atoms with Gasteiger partial charge in [-0.2, -0.15) is 37.4 Å². The van der Waals surface area contributed by atoms with Crippen LogP contribution in [0.4, 0.5) is 13.2 Å². The van der Waals surface area contributed by atoms with Gasteiger partial charge in [-0.05, 0) is 77.9 Å². The summed E-state index contributed by atoms with van der Waals surface area (Å²) in [6.45, 7) is 0. The quantitative estimate of drug-likeness (QED) is 0.124. The number of imidazole rings is 2. The molecule has 8 rings (SSSR count). The minimum Gasteiger partial charge on any atom is -0.554 e. The molecule has 58 heavy (non-hydrogen) atoms. The number of hydrogen-bond acceptors (Lipinski definition) is 7. The molecule has 0 aliphatic rings. The molecule has 0 N–H and O–H groups in total. The molecule has 0 saturated heterocycles. The number of rotatable bonds is 9. The fraction of sp³-hybridized carbons (Fsp3) is 0.119. The van der Waals surface area contributed by atoms with Gasteiger partial charge in [-0.25, -0.2) is 0 Å². The number of ether oxygens (including phenoxy) is 4. The largest absolute Gasteiger partial charge is 0.554 e. The van der Waals surface area contributed by atoms with Gasteiger partial charge in [0.1, 0.15) is 17.3 Å². The van der Waals surface area contributed by atoms with E-state index in [1.807, 2.05) is 116 Å². The molecule has 4 aromatic heterocycles. The summed E-state index contributed by atoms with van der Waals surface area (Å²) in [6, 6.07) is 38.0. The fourth-order valence-electron chi connectivity index (χ4n) is 5.00. The molecule has 0 aliphatic heterocycles. The topological polar surface area (TPSA) is 107 Å². The van der Waals surface area contributed by atoms with E-state index in [-0.39, 0.29) is 31.6 Å². The SMILES string of the molecule is COc1c[c-]c(-n2[c-][n+](-c3ccc(OC)cc3)cc2)cc1.COc1c[c-]c(-n2[c-][n+](-c3ccc(OC)cc3)cc2)cc1.FC(F)(F)c1n[n-]c(-c2ccccn2)n1.[Ir]. The van der Waals surface area contributed by atoms with E-state index in [4.69, 9.17) is 18.9 Å². The van der Waals surface area contributed by atoms with Gasteiger partial charge in [-0.15, -0.1) is 24.3 Å². The predicted octanol–water partition coefficient (Wildman–Crippen LogP) is 6.26. The molecule has 8 aromatic rings. The Morgan fingerprint density at radius 3 is 1.45 bits per heavy atom. The molecule has 0 bridgehead atoms. The molecule has 0 saturated carbocycles.